The summed E-state index contributed by atoms with van der Waals surface area (Å²) in [6, 6.07) is 22.0. The molecule has 3 aromatic carbocycles. The van der Waals surface area contributed by atoms with E-state index in [2.05, 4.69) is 5.32 Å². The Bertz CT molecular complexity index is 1220. The van der Waals surface area contributed by atoms with Gasteiger partial charge in [-0.1, -0.05) is 54.6 Å². The van der Waals surface area contributed by atoms with Gasteiger partial charge >= 0.3 is 0 Å². The third kappa shape index (κ3) is 5.42. The van der Waals surface area contributed by atoms with E-state index in [0.29, 0.717) is 37.7 Å². The van der Waals surface area contributed by atoms with Crippen LogP contribution in [0.1, 0.15) is 5.56 Å². The van der Waals surface area contributed by atoms with Crippen LogP contribution in [0.4, 0.5) is 5.69 Å². The van der Waals surface area contributed by atoms with Gasteiger partial charge in [-0.25, -0.2) is 8.42 Å². The number of carbonyl (C=O) groups is 1. The SMILES string of the molecule is Cc1ccc(S(=O)(=O)N2CCOCC2)cc1NC(=O)COc1ccccc1-c1ccccc1. The fourth-order valence-electron chi connectivity index (χ4n) is 3.61. The Kier molecular flexibility index (Phi) is 7.08. The zero-order chi connectivity index (χ0) is 23.3. The van der Waals surface area contributed by atoms with Gasteiger partial charge in [-0.2, -0.15) is 4.31 Å². The van der Waals surface area contributed by atoms with E-state index >= 15 is 0 Å². The van der Waals surface area contributed by atoms with Gasteiger partial charge in [0, 0.05) is 24.3 Å². The van der Waals surface area contributed by atoms with E-state index in [1.54, 1.807) is 12.1 Å². The van der Waals surface area contributed by atoms with Crippen molar-refractivity contribution in [2.45, 2.75) is 11.8 Å². The summed E-state index contributed by atoms with van der Waals surface area (Å²) in [5.41, 5.74) is 3.08. The lowest BCUT2D eigenvalue weighted by Crippen LogP contribution is -2.40. The molecule has 0 unspecified atom stereocenters. The van der Waals surface area contributed by atoms with Crippen molar-refractivity contribution in [2.75, 3.05) is 38.2 Å². The van der Waals surface area contributed by atoms with Gasteiger partial charge < -0.3 is 14.8 Å². The number of rotatable bonds is 7. The van der Waals surface area contributed by atoms with Crippen molar-refractivity contribution in [1.29, 1.82) is 0 Å². The number of aryl methyl sites for hydroxylation is 1. The molecule has 0 aromatic heterocycles. The second-order valence-electron chi connectivity index (χ2n) is 7.69. The highest BCUT2D eigenvalue weighted by Crippen LogP contribution is 2.29. The zero-order valence-electron chi connectivity index (χ0n) is 18.4. The molecular formula is C25H26N2O5S. The van der Waals surface area contributed by atoms with Crippen LogP contribution in [-0.2, 0) is 19.6 Å². The average molecular weight is 467 g/mol. The van der Waals surface area contributed by atoms with E-state index in [-0.39, 0.29) is 17.4 Å². The summed E-state index contributed by atoms with van der Waals surface area (Å²) < 4.78 is 38.4. The van der Waals surface area contributed by atoms with Crippen molar-refractivity contribution in [1.82, 2.24) is 4.31 Å². The van der Waals surface area contributed by atoms with Gasteiger partial charge in [0.15, 0.2) is 6.61 Å². The number of nitrogens with one attached hydrogen (secondary N) is 1. The van der Waals surface area contributed by atoms with Gasteiger partial charge in [-0.15, -0.1) is 0 Å². The lowest BCUT2D eigenvalue weighted by Gasteiger charge is -2.26. The molecule has 3 aromatic rings. The topological polar surface area (TPSA) is 84.9 Å². The highest BCUT2D eigenvalue weighted by Gasteiger charge is 2.27. The van der Waals surface area contributed by atoms with Crippen molar-refractivity contribution in [3.8, 4) is 16.9 Å². The first-order valence-electron chi connectivity index (χ1n) is 10.7. The molecule has 0 atom stereocenters. The molecule has 1 saturated heterocycles. The molecule has 1 aliphatic heterocycles. The predicted octanol–water partition coefficient (Wildman–Crippen LogP) is 3.70. The Balaban J connectivity index is 1.46. The van der Waals surface area contributed by atoms with Crippen LogP contribution in [0.25, 0.3) is 11.1 Å². The average Bonchev–Trinajstić information content (AvgIpc) is 2.85. The van der Waals surface area contributed by atoms with Crippen LogP contribution in [0.5, 0.6) is 5.75 Å². The van der Waals surface area contributed by atoms with Gasteiger partial charge in [0.25, 0.3) is 5.91 Å². The fourth-order valence-corrected chi connectivity index (χ4v) is 5.05. The minimum atomic E-state index is -3.66. The molecule has 8 heteroatoms. The van der Waals surface area contributed by atoms with Crippen molar-refractivity contribution in [3.63, 3.8) is 0 Å². The molecule has 1 N–H and O–H groups in total. The van der Waals surface area contributed by atoms with E-state index in [0.717, 1.165) is 16.7 Å². The van der Waals surface area contributed by atoms with Crippen molar-refractivity contribution in [2.24, 2.45) is 0 Å². The van der Waals surface area contributed by atoms with E-state index in [4.69, 9.17) is 9.47 Å². The molecule has 1 amide bonds. The maximum atomic E-state index is 13.0. The van der Waals surface area contributed by atoms with Crippen LogP contribution < -0.4 is 10.1 Å². The number of para-hydroxylation sites is 1. The van der Waals surface area contributed by atoms with Crippen LogP contribution in [0.2, 0.25) is 0 Å². The van der Waals surface area contributed by atoms with Crippen LogP contribution in [-0.4, -0.2) is 51.5 Å². The fraction of sp³-hybridized carbons (Fsp3) is 0.240. The van der Waals surface area contributed by atoms with Crippen LogP contribution in [0.15, 0.2) is 77.7 Å². The van der Waals surface area contributed by atoms with E-state index in [1.165, 1.54) is 10.4 Å². The van der Waals surface area contributed by atoms with Crippen molar-refractivity contribution in [3.05, 3.63) is 78.4 Å². The summed E-state index contributed by atoms with van der Waals surface area (Å²) in [7, 11) is -3.66. The minimum Gasteiger partial charge on any atom is -0.483 e. The Hall–Kier alpha value is -3.20. The molecule has 33 heavy (non-hydrogen) atoms. The molecule has 0 bridgehead atoms. The molecule has 1 heterocycles. The maximum Gasteiger partial charge on any atom is 0.262 e. The molecule has 0 spiro atoms. The predicted molar refractivity (Wildman–Crippen MR) is 127 cm³/mol. The van der Waals surface area contributed by atoms with Gasteiger partial charge in [-0.3, -0.25) is 4.79 Å². The Morgan fingerprint density at radius 3 is 2.45 bits per heavy atom. The summed E-state index contributed by atoms with van der Waals surface area (Å²) in [6.45, 7) is 2.97. The molecule has 1 aliphatic rings. The largest absolute Gasteiger partial charge is 0.483 e. The number of hydrogen-bond acceptors (Lipinski definition) is 5. The third-order valence-electron chi connectivity index (χ3n) is 5.42. The van der Waals surface area contributed by atoms with E-state index < -0.39 is 10.0 Å². The number of nitrogens with zero attached hydrogens (tertiary/aromatic N) is 1. The van der Waals surface area contributed by atoms with Crippen LogP contribution in [0, 0.1) is 6.92 Å². The first-order valence-corrected chi connectivity index (χ1v) is 12.1. The summed E-state index contributed by atoms with van der Waals surface area (Å²) in [6.07, 6.45) is 0. The number of sulfonamides is 1. The highest BCUT2D eigenvalue weighted by atomic mass is 32.2. The quantitative estimate of drug-likeness (QED) is 0.574. The molecule has 1 fully saturated rings. The Labute approximate surface area is 194 Å². The van der Waals surface area contributed by atoms with Gasteiger partial charge in [0.1, 0.15) is 5.75 Å². The third-order valence-corrected chi connectivity index (χ3v) is 7.32. The number of hydrogen-bond donors (Lipinski definition) is 1. The second-order valence-corrected chi connectivity index (χ2v) is 9.63. The monoisotopic (exact) mass is 466 g/mol. The van der Waals surface area contributed by atoms with Gasteiger partial charge in [0.2, 0.25) is 10.0 Å². The second kappa shape index (κ2) is 10.2. The normalized spacial score (nSPS) is 14.6. The molecule has 0 aliphatic carbocycles. The zero-order valence-corrected chi connectivity index (χ0v) is 19.2. The van der Waals surface area contributed by atoms with Crippen molar-refractivity contribution < 1.29 is 22.7 Å². The summed E-state index contributed by atoms with van der Waals surface area (Å²) in [5.74, 6) is 0.223. The standard InChI is InChI=1S/C25H26N2O5S/c1-19-11-12-21(33(29,30)27-13-15-31-16-14-27)17-23(19)26-25(28)18-32-24-10-6-5-9-22(24)20-7-3-2-4-8-20/h2-12,17H,13-16,18H2,1H3,(H,26,28). The Morgan fingerprint density at radius 1 is 1.00 bits per heavy atom. The molecule has 7 nitrogen and oxygen atoms in total. The number of carbonyl (C=O) groups excluding carboxylic acids is 1. The first kappa shape index (κ1) is 23.0. The summed E-state index contributed by atoms with van der Waals surface area (Å²) >= 11 is 0. The lowest BCUT2D eigenvalue weighted by atomic mass is 10.1. The lowest BCUT2D eigenvalue weighted by molar-refractivity contribution is -0.118. The van der Waals surface area contributed by atoms with Crippen LogP contribution in [0.3, 0.4) is 0 Å². The number of amides is 1. The van der Waals surface area contributed by atoms with E-state index in [1.807, 2.05) is 61.5 Å². The van der Waals surface area contributed by atoms with Gasteiger partial charge in [-0.05, 0) is 36.2 Å². The summed E-state index contributed by atoms with van der Waals surface area (Å²) in [4.78, 5) is 12.8. The summed E-state index contributed by atoms with van der Waals surface area (Å²) in [5, 5.41) is 2.78. The number of anilines is 1. The number of benzene rings is 3. The van der Waals surface area contributed by atoms with Crippen molar-refractivity contribution >= 4 is 21.6 Å². The minimum absolute atomic E-state index is 0.139. The van der Waals surface area contributed by atoms with Crippen LogP contribution >= 0.6 is 0 Å². The molecule has 4 rings (SSSR count). The molecule has 172 valence electrons. The molecular weight excluding hydrogens is 440 g/mol. The van der Waals surface area contributed by atoms with Gasteiger partial charge in [0.05, 0.1) is 18.1 Å². The number of morpholine rings is 1. The number of ether oxygens (including phenoxy) is 2. The Morgan fingerprint density at radius 2 is 1.70 bits per heavy atom. The maximum absolute atomic E-state index is 13.0. The molecule has 0 radical (unpaired) electrons. The first-order chi connectivity index (χ1) is 15.9. The molecule has 0 saturated carbocycles. The highest BCUT2D eigenvalue weighted by molar-refractivity contribution is 7.89. The smallest absolute Gasteiger partial charge is 0.262 e. The van der Waals surface area contributed by atoms with E-state index in [9.17, 15) is 13.2 Å².